The standard InChI is InChI=1S/C22H28N4O5S/c1-30-17-6-4-16(5-7-17)14-26(15-20(28)24-13-18-3-2-11-31-18)21(29)9-8-19(27)25-22-23-10-12-32-22/h4-7,10,12,18H,2-3,8-9,11,13-15H2,1H3,(H,24,28)(H,23,25,27)/t18-/m1/s1. The van der Waals surface area contributed by atoms with Crippen LogP contribution >= 0.6 is 11.3 Å². The number of nitrogens with zero attached hydrogens (tertiary/aromatic N) is 2. The fraction of sp³-hybridized carbons (Fsp3) is 0.455. The van der Waals surface area contributed by atoms with Crippen molar-refractivity contribution in [2.24, 2.45) is 0 Å². The summed E-state index contributed by atoms with van der Waals surface area (Å²) in [7, 11) is 1.58. The Bertz CT molecular complexity index is 882. The van der Waals surface area contributed by atoms with Crippen LogP contribution in [-0.2, 0) is 25.7 Å². The van der Waals surface area contributed by atoms with Crippen LogP contribution in [0.1, 0.15) is 31.2 Å². The zero-order valence-electron chi connectivity index (χ0n) is 18.0. The van der Waals surface area contributed by atoms with Crippen LogP contribution in [-0.4, -0.2) is 60.5 Å². The molecular weight excluding hydrogens is 432 g/mol. The number of benzene rings is 1. The number of carbonyl (C=O) groups is 3. The molecule has 0 saturated carbocycles. The van der Waals surface area contributed by atoms with Gasteiger partial charge in [-0.3, -0.25) is 14.4 Å². The number of thiazole rings is 1. The Morgan fingerprint density at radius 3 is 2.69 bits per heavy atom. The number of aromatic nitrogens is 1. The van der Waals surface area contributed by atoms with Gasteiger partial charge in [0, 0.05) is 44.1 Å². The minimum absolute atomic E-state index is 0.00756. The average Bonchev–Trinajstić information content (AvgIpc) is 3.50. The number of carbonyl (C=O) groups excluding carboxylic acids is 3. The number of ether oxygens (including phenoxy) is 2. The maximum Gasteiger partial charge on any atom is 0.239 e. The van der Waals surface area contributed by atoms with Crippen molar-refractivity contribution in [3.05, 3.63) is 41.4 Å². The zero-order chi connectivity index (χ0) is 22.8. The molecule has 2 N–H and O–H groups in total. The van der Waals surface area contributed by atoms with Crippen molar-refractivity contribution in [2.45, 2.75) is 38.3 Å². The van der Waals surface area contributed by atoms with Crippen LogP contribution in [0.2, 0.25) is 0 Å². The van der Waals surface area contributed by atoms with Gasteiger partial charge in [-0.25, -0.2) is 4.98 Å². The highest BCUT2D eigenvalue weighted by atomic mass is 32.1. The molecule has 2 heterocycles. The third-order valence-corrected chi connectivity index (χ3v) is 5.70. The SMILES string of the molecule is COc1ccc(CN(CC(=O)NC[C@H]2CCCO2)C(=O)CCC(=O)Nc2nccs2)cc1. The number of amides is 3. The van der Waals surface area contributed by atoms with E-state index in [0.717, 1.165) is 18.4 Å². The first kappa shape index (κ1) is 23.7. The molecular formula is C22H28N4O5S. The van der Waals surface area contributed by atoms with Crippen LogP contribution in [0.5, 0.6) is 5.75 Å². The van der Waals surface area contributed by atoms with E-state index >= 15 is 0 Å². The van der Waals surface area contributed by atoms with Crippen LogP contribution in [0.3, 0.4) is 0 Å². The van der Waals surface area contributed by atoms with E-state index in [1.54, 1.807) is 30.8 Å². The molecule has 1 fully saturated rings. The lowest BCUT2D eigenvalue weighted by Gasteiger charge is -2.23. The Morgan fingerprint density at radius 2 is 2.03 bits per heavy atom. The molecule has 1 aliphatic rings. The number of anilines is 1. The quantitative estimate of drug-likeness (QED) is 0.532. The summed E-state index contributed by atoms with van der Waals surface area (Å²) < 4.78 is 10.7. The fourth-order valence-electron chi connectivity index (χ4n) is 3.29. The molecule has 32 heavy (non-hydrogen) atoms. The molecule has 1 aromatic carbocycles. The maximum absolute atomic E-state index is 12.9. The third kappa shape index (κ3) is 7.61. The number of hydrogen-bond donors (Lipinski definition) is 2. The first-order chi connectivity index (χ1) is 15.5. The van der Waals surface area contributed by atoms with Gasteiger partial charge < -0.3 is 25.0 Å². The first-order valence-corrected chi connectivity index (χ1v) is 11.4. The largest absolute Gasteiger partial charge is 0.497 e. The first-order valence-electron chi connectivity index (χ1n) is 10.5. The van der Waals surface area contributed by atoms with Crippen LogP contribution < -0.4 is 15.4 Å². The van der Waals surface area contributed by atoms with E-state index < -0.39 is 0 Å². The number of nitrogens with one attached hydrogen (secondary N) is 2. The van der Waals surface area contributed by atoms with Gasteiger partial charge in [0.2, 0.25) is 17.7 Å². The second kappa shape index (κ2) is 12.2. The van der Waals surface area contributed by atoms with E-state index in [4.69, 9.17) is 9.47 Å². The van der Waals surface area contributed by atoms with Crippen molar-refractivity contribution in [2.75, 3.05) is 32.1 Å². The normalized spacial score (nSPS) is 15.2. The second-order valence-corrected chi connectivity index (χ2v) is 8.32. The number of methoxy groups -OCH3 is 1. The Labute approximate surface area is 191 Å². The third-order valence-electron chi connectivity index (χ3n) is 5.02. The highest BCUT2D eigenvalue weighted by Gasteiger charge is 2.21. The molecule has 1 aromatic heterocycles. The molecule has 0 radical (unpaired) electrons. The Kier molecular flexibility index (Phi) is 9.00. The van der Waals surface area contributed by atoms with Gasteiger partial charge in [0.25, 0.3) is 0 Å². The lowest BCUT2D eigenvalue weighted by Crippen LogP contribution is -2.42. The van der Waals surface area contributed by atoms with Gasteiger partial charge in [0.1, 0.15) is 5.75 Å². The summed E-state index contributed by atoms with van der Waals surface area (Å²) in [4.78, 5) is 42.9. The van der Waals surface area contributed by atoms with Gasteiger partial charge >= 0.3 is 0 Å². The second-order valence-electron chi connectivity index (χ2n) is 7.42. The average molecular weight is 461 g/mol. The van der Waals surface area contributed by atoms with Crippen LogP contribution in [0.25, 0.3) is 0 Å². The Hall–Kier alpha value is -2.98. The van der Waals surface area contributed by atoms with Crippen molar-refractivity contribution in [3.63, 3.8) is 0 Å². The van der Waals surface area contributed by atoms with Crippen LogP contribution in [0.15, 0.2) is 35.8 Å². The van der Waals surface area contributed by atoms with E-state index in [9.17, 15) is 14.4 Å². The molecule has 172 valence electrons. The molecule has 0 aliphatic carbocycles. The Morgan fingerprint density at radius 1 is 1.22 bits per heavy atom. The number of hydrogen-bond acceptors (Lipinski definition) is 7. The lowest BCUT2D eigenvalue weighted by atomic mass is 10.2. The molecule has 0 unspecified atom stereocenters. The zero-order valence-corrected chi connectivity index (χ0v) is 18.9. The van der Waals surface area contributed by atoms with Gasteiger partial charge in [-0.2, -0.15) is 0 Å². The van der Waals surface area contributed by atoms with Crippen molar-refractivity contribution in [1.29, 1.82) is 0 Å². The monoisotopic (exact) mass is 460 g/mol. The fourth-order valence-corrected chi connectivity index (χ4v) is 3.84. The summed E-state index contributed by atoms with van der Waals surface area (Å²) in [5.41, 5.74) is 0.860. The van der Waals surface area contributed by atoms with E-state index in [1.165, 1.54) is 16.2 Å². The van der Waals surface area contributed by atoms with E-state index in [0.29, 0.717) is 24.0 Å². The molecule has 0 spiro atoms. The molecule has 0 bridgehead atoms. The van der Waals surface area contributed by atoms with Crippen molar-refractivity contribution in [3.8, 4) is 5.75 Å². The Balaban J connectivity index is 1.56. The lowest BCUT2D eigenvalue weighted by molar-refractivity contribution is -0.137. The molecule has 1 aliphatic heterocycles. The summed E-state index contributed by atoms with van der Waals surface area (Å²) in [5.74, 6) is -0.114. The summed E-state index contributed by atoms with van der Waals surface area (Å²) in [6.07, 6.45) is 3.53. The summed E-state index contributed by atoms with van der Waals surface area (Å²) in [6.45, 7) is 1.31. The predicted octanol–water partition coefficient (Wildman–Crippen LogP) is 2.19. The number of rotatable bonds is 11. The van der Waals surface area contributed by atoms with Crippen molar-refractivity contribution >= 4 is 34.2 Å². The van der Waals surface area contributed by atoms with Crippen molar-refractivity contribution in [1.82, 2.24) is 15.2 Å². The highest BCUT2D eigenvalue weighted by molar-refractivity contribution is 7.13. The van der Waals surface area contributed by atoms with Gasteiger partial charge in [-0.1, -0.05) is 12.1 Å². The van der Waals surface area contributed by atoms with E-state index in [-0.39, 0.29) is 49.8 Å². The molecule has 1 atom stereocenters. The van der Waals surface area contributed by atoms with Gasteiger partial charge in [0.15, 0.2) is 5.13 Å². The minimum atomic E-state index is -0.291. The van der Waals surface area contributed by atoms with Gasteiger partial charge in [-0.05, 0) is 30.5 Å². The summed E-state index contributed by atoms with van der Waals surface area (Å²) in [5, 5.41) is 7.75. The van der Waals surface area contributed by atoms with Crippen molar-refractivity contribution < 1.29 is 23.9 Å². The molecule has 3 rings (SSSR count). The van der Waals surface area contributed by atoms with Crippen LogP contribution in [0, 0.1) is 0 Å². The smallest absolute Gasteiger partial charge is 0.239 e. The molecule has 2 aromatic rings. The summed E-state index contributed by atoms with van der Waals surface area (Å²) >= 11 is 1.31. The van der Waals surface area contributed by atoms with Crippen LogP contribution in [0.4, 0.5) is 5.13 Å². The highest BCUT2D eigenvalue weighted by Crippen LogP contribution is 2.15. The van der Waals surface area contributed by atoms with E-state index in [2.05, 4.69) is 15.6 Å². The summed E-state index contributed by atoms with van der Waals surface area (Å²) in [6, 6.07) is 7.30. The maximum atomic E-state index is 12.9. The van der Waals surface area contributed by atoms with Gasteiger partial charge in [0.05, 0.1) is 19.8 Å². The predicted molar refractivity (Wildman–Crippen MR) is 120 cm³/mol. The topological polar surface area (TPSA) is 110 Å². The minimum Gasteiger partial charge on any atom is -0.497 e. The molecule has 3 amide bonds. The van der Waals surface area contributed by atoms with Gasteiger partial charge in [-0.15, -0.1) is 11.3 Å². The molecule has 9 nitrogen and oxygen atoms in total. The molecule has 1 saturated heterocycles. The van der Waals surface area contributed by atoms with E-state index in [1.807, 2.05) is 12.1 Å². The molecule has 10 heteroatoms.